The molecule has 1 saturated heterocycles. The van der Waals surface area contributed by atoms with Crippen LogP contribution in [0.5, 0.6) is 0 Å². The van der Waals surface area contributed by atoms with Gasteiger partial charge >= 0.3 is 0 Å². The molecular weight excluding hydrogens is 434 g/mol. The first kappa shape index (κ1) is 19.9. The number of amides is 1. The number of nitrogens with zero attached hydrogens (tertiary/aromatic N) is 5. The number of hydrogen-bond donors (Lipinski definition) is 0. The second-order valence-electron chi connectivity index (χ2n) is 7.15. The number of rotatable bonds is 6. The smallest absolute Gasteiger partial charge is 0.246 e. The molecule has 3 rings (SSSR count). The van der Waals surface area contributed by atoms with Crippen LogP contribution in [0.25, 0.3) is 11.4 Å². The van der Waals surface area contributed by atoms with Crippen LogP contribution < -0.4 is 0 Å². The van der Waals surface area contributed by atoms with Gasteiger partial charge in [0, 0.05) is 22.6 Å². The van der Waals surface area contributed by atoms with Crippen molar-refractivity contribution in [3.63, 3.8) is 0 Å². The largest absolute Gasteiger partial charge is 0.337 e. The Bertz CT molecular complexity index is 911. The summed E-state index contributed by atoms with van der Waals surface area (Å²) in [4.78, 5) is 15.8. The molecule has 1 unspecified atom stereocenters. The minimum Gasteiger partial charge on any atom is -0.337 e. The van der Waals surface area contributed by atoms with Gasteiger partial charge in [-0.2, -0.15) is 4.80 Å². The maximum atomic E-state index is 12.8. The Balaban J connectivity index is 1.73. The van der Waals surface area contributed by atoms with Gasteiger partial charge in [0.2, 0.25) is 11.7 Å². The molecule has 1 aliphatic heterocycles. The van der Waals surface area contributed by atoms with Crippen LogP contribution in [0.15, 0.2) is 28.7 Å². The van der Waals surface area contributed by atoms with Crippen LogP contribution in [0, 0.1) is 5.92 Å². The highest BCUT2D eigenvalue weighted by Gasteiger charge is 2.35. The summed E-state index contributed by atoms with van der Waals surface area (Å²) in [7, 11) is -3.07. The lowest BCUT2D eigenvalue weighted by Crippen LogP contribution is -2.45. The van der Waals surface area contributed by atoms with Crippen LogP contribution >= 0.6 is 15.9 Å². The van der Waals surface area contributed by atoms with E-state index in [1.807, 2.05) is 38.1 Å². The number of tetrazole rings is 1. The molecule has 0 N–H and O–H groups in total. The van der Waals surface area contributed by atoms with E-state index >= 15 is 0 Å². The number of halogens is 1. The predicted octanol–water partition coefficient (Wildman–Crippen LogP) is 1.77. The molecule has 1 aliphatic rings. The maximum Gasteiger partial charge on any atom is 0.246 e. The van der Waals surface area contributed by atoms with Gasteiger partial charge in [0.05, 0.1) is 11.5 Å². The highest BCUT2D eigenvalue weighted by molar-refractivity contribution is 9.10. The standard InChI is InChI=1S/C17H22BrN5O3S/c1-12(2)9-22(15-7-8-27(25,26)11-15)16(24)10-23-20-17(19-21-23)13-3-5-14(18)6-4-13/h3-6,12,15H,7-11H2,1-2H3. The molecular formula is C17H22BrN5O3S. The van der Waals surface area contributed by atoms with E-state index < -0.39 is 9.84 Å². The maximum absolute atomic E-state index is 12.8. The molecule has 0 bridgehead atoms. The zero-order chi connectivity index (χ0) is 19.6. The molecule has 8 nitrogen and oxygen atoms in total. The number of carbonyl (C=O) groups is 1. The van der Waals surface area contributed by atoms with Gasteiger partial charge in [-0.05, 0) is 41.8 Å². The molecule has 1 aromatic heterocycles. The normalized spacial score (nSPS) is 18.7. The SMILES string of the molecule is CC(C)CN(C(=O)Cn1nnc(-c2ccc(Br)cc2)n1)C1CCS(=O)(=O)C1. The van der Waals surface area contributed by atoms with Crippen molar-refractivity contribution in [2.75, 3.05) is 18.1 Å². The Hall–Kier alpha value is -1.81. The quantitative estimate of drug-likeness (QED) is 0.657. The minimum absolute atomic E-state index is 0.0282. The van der Waals surface area contributed by atoms with Gasteiger partial charge in [-0.25, -0.2) is 8.42 Å². The topological polar surface area (TPSA) is 98.1 Å². The van der Waals surface area contributed by atoms with E-state index in [2.05, 4.69) is 31.3 Å². The van der Waals surface area contributed by atoms with Crippen LogP contribution in [-0.2, 0) is 21.2 Å². The fraction of sp³-hybridized carbons (Fsp3) is 0.529. The van der Waals surface area contributed by atoms with Gasteiger partial charge in [0.1, 0.15) is 6.54 Å². The van der Waals surface area contributed by atoms with Crippen molar-refractivity contribution >= 4 is 31.7 Å². The van der Waals surface area contributed by atoms with E-state index in [4.69, 9.17) is 0 Å². The van der Waals surface area contributed by atoms with Crippen molar-refractivity contribution in [3.8, 4) is 11.4 Å². The number of sulfone groups is 1. The van der Waals surface area contributed by atoms with E-state index in [9.17, 15) is 13.2 Å². The second kappa shape index (κ2) is 8.05. The van der Waals surface area contributed by atoms with Gasteiger partial charge in [0.15, 0.2) is 9.84 Å². The zero-order valence-electron chi connectivity index (χ0n) is 15.2. The van der Waals surface area contributed by atoms with Crippen molar-refractivity contribution in [3.05, 3.63) is 28.7 Å². The molecule has 10 heteroatoms. The zero-order valence-corrected chi connectivity index (χ0v) is 17.6. The van der Waals surface area contributed by atoms with Gasteiger partial charge < -0.3 is 4.90 Å². The average molecular weight is 456 g/mol. The number of carbonyl (C=O) groups excluding carboxylic acids is 1. The Morgan fingerprint density at radius 2 is 2.04 bits per heavy atom. The second-order valence-corrected chi connectivity index (χ2v) is 10.3. The van der Waals surface area contributed by atoms with Crippen molar-refractivity contribution < 1.29 is 13.2 Å². The Morgan fingerprint density at radius 1 is 1.33 bits per heavy atom. The summed E-state index contributed by atoms with van der Waals surface area (Å²) in [6.07, 6.45) is 0.482. The first-order valence-corrected chi connectivity index (χ1v) is 11.4. The molecule has 1 atom stereocenters. The number of hydrogen-bond acceptors (Lipinski definition) is 6. The van der Waals surface area contributed by atoms with Crippen LogP contribution in [0.2, 0.25) is 0 Å². The van der Waals surface area contributed by atoms with Crippen LogP contribution in [-0.4, -0.2) is 63.5 Å². The fourth-order valence-electron chi connectivity index (χ4n) is 3.11. The molecule has 0 aliphatic carbocycles. The molecule has 1 aromatic carbocycles. The number of aromatic nitrogens is 4. The van der Waals surface area contributed by atoms with Crippen molar-refractivity contribution in [2.45, 2.75) is 32.9 Å². The van der Waals surface area contributed by atoms with E-state index in [-0.39, 0.29) is 35.9 Å². The third-order valence-corrected chi connectivity index (χ3v) is 6.64. The lowest BCUT2D eigenvalue weighted by Gasteiger charge is -2.29. The summed E-state index contributed by atoms with van der Waals surface area (Å²) in [6, 6.07) is 7.21. The first-order chi connectivity index (χ1) is 12.7. The van der Waals surface area contributed by atoms with Gasteiger partial charge in [-0.3, -0.25) is 4.79 Å². The van der Waals surface area contributed by atoms with Crippen molar-refractivity contribution in [1.82, 2.24) is 25.1 Å². The van der Waals surface area contributed by atoms with Crippen LogP contribution in [0.4, 0.5) is 0 Å². The van der Waals surface area contributed by atoms with Gasteiger partial charge in [-0.1, -0.05) is 29.8 Å². The molecule has 2 aromatic rings. The Labute approximate surface area is 167 Å². The van der Waals surface area contributed by atoms with Crippen LogP contribution in [0.3, 0.4) is 0 Å². The molecule has 1 fully saturated rings. The molecule has 0 saturated carbocycles. The van der Waals surface area contributed by atoms with Crippen molar-refractivity contribution in [2.24, 2.45) is 5.92 Å². The summed E-state index contributed by atoms with van der Waals surface area (Å²) in [5.74, 6) is 0.647. The summed E-state index contributed by atoms with van der Waals surface area (Å²) in [6.45, 7) is 4.45. The molecule has 0 spiro atoms. The predicted molar refractivity (Wildman–Crippen MR) is 105 cm³/mol. The van der Waals surface area contributed by atoms with Crippen LogP contribution in [0.1, 0.15) is 20.3 Å². The van der Waals surface area contributed by atoms with E-state index in [0.717, 1.165) is 10.0 Å². The van der Waals surface area contributed by atoms with Gasteiger partial charge in [0.25, 0.3) is 0 Å². The van der Waals surface area contributed by atoms with E-state index in [1.54, 1.807) is 4.90 Å². The lowest BCUT2D eigenvalue weighted by atomic mass is 10.1. The third kappa shape index (κ3) is 5.13. The highest BCUT2D eigenvalue weighted by atomic mass is 79.9. The highest BCUT2D eigenvalue weighted by Crippen LogP contribution is 2.20. The number of benzene rings is 1. The Kier molecular flexibility index (Phi) is 5.95. The molecule has 27 heavy (non-hydrogen) atoms. The Morgan fingerprint density at radius 3 is 2.63 bits per heavy atom. The summed E-state index contributed by atoms with van der Waals surface area (Å²) in [5.41, 5.74) is 0.804. The fourth-order valence-corrected chi connectivity index (χ4v) is 5.10. The molecule has 146 valence electrons. The molecule has 1 amide bonds. The lowest BCUT2D eigenvalue weighted by molar-refractivity contribution is -0.134. The van der Waals surface area contributed by atoms with Crippen molar-refractivity contribution in [1.29, 1.82) is 0 Å². The van der Waals surface area contributed by atoms with E-state index in [0.29, 0.717) is 18.8 Å². The summed E-state index contributed by atoms with van der Waals surface area (Å²) in [5, 5.41) is 12.3. The average Bonchev–Trinajstić information content (AvgIpc) is 3.19. The van der Waals surface area contributed by atoms with Gasteiger partial charge in [-0.15, -0.1) is 10.2 Å². The minimum atomic E-state index is -3.07. The van der Waals surface area contributed by atoms with E-state index in [1.165, 1.54) is 4.80 Å². The summed E-state index contributed by atoms with van der Waals surface area (Å²) < 4.78 is 24.6. The monoisotopic (exact) mass is 455 g/mol. The summed E-state index contributed by atoms with van der Waals surface area (Å²) >= 11 is 3.38. The first-order valence-electron chi connectivity index (χ1n) is 8.77. The molecule has 0 radical (unpaired) electrons. The molecule has 2 heterocycles. The third-order valence-electron chi connectivity index (χ3n) is 4.36.